The van der Waals surface area contributed by atoms with Crippen molar-refractivity contribution in [2.75, 3.05) is 7.11 Å². The van der Waals surface area contributed by atoms with Crippen LogP contribution < -0.4 is 14.8 Å². The average Bonchev–Trinajstić information content (AvgIpc) is 3.23. The normalized spacial score (nSPS) is 22.9. The SMILES string of the molecule is COc1ccc(CNC(=O)C2CC2C(=O)O)cc1OC1CCCC1. The number of amides is 1. The molecule has 6 heteroatoms. The van der Waals surface area contributed by atoms with E-state index in [1.807, 2.05) is 18.2 Å². The fourth-order valence-electron chi connectivity index (χ4n) is 3.19. The molecule has 2 aliphatic carbocycles. The molecule has 0 saturated heterocycles. The van der Waals surface area contributed by atoms with Crippen molar-refractivity contribution in [1.82, 2.24) is 5.32 Å². The quantitative estimate of drug-likeness (QED) is 0.800. The van der Waals surface area contributed by atoms with Gasteiger partial charge in [-0.3, -0.25) is 9.59 Å². The van der Waals surface area contributed by atoms with Crippen LogP contribution in [0.4, 0.5) is 0 Å². The molecule has 0 spiro atoms. The second-order valence-corrected chi connectivity index (χ2v) is 6.51. The molecule has 1 aromatic carbocycles. The second kappa shape index (κ2) is 7.11. The zero-order chi connectivity index (χ0) is 17.1. The molecule has 3 rings (SSSR count). The van der Waals surface area contributed by atoms with Gasteiger partial charge in [0.15, 0.2) is 11.5 Å². The molecule has 2 fully saturated rings. The van der Waals surface area contributed by atoms with Gasteiger partial charge in [-0.15, -0.1) is 0 Å². The van der Waals surface area contributed by atoms with Gasteiger partial charge >= 0.3 is 5.97 Å². The number of hydrogen-bond donors (Lipinski definition) is 2. The maximum absolute atomic E-state index is 11.9. The lowest BCUT2D eigenvalue weighted by atomic mass is 10.2. The molecule has 0 aliphatic heterocycles. The summed E-state index contributed by atoms with van der Waals surface area (Å²) in [7, 11) is 1.61. The second-order valence-electron chi connectivity index (χ2n) is 6.51. The molecule has 2 saturated carbocycles. The zero-order valence-corrected chi connectivity index (χ0v) is 13.8. The highest BCUT2D eigenvalue weighted by Gasteiger charge is 2.48. The Kier molecular flexibility index (Phi) is 4.92. The van der Waals surface area contributed by atoms with Gasteiger partial charge in [0.05, 0.1) is 25.0 Å². The molecule has 2 unspecified atom stereocenters. The van der Waals surface area contributed by atoms with Crippen LogP contribution in [0.2, 0.25) is 0 Å². The van der Waals surface area contributed by atoms with Crippen molar-refractivity contribution in [1.29, 1.82) is 0 Å². The van der Waals surface area contributed by atoms with E-state index in [4.69, 9.17) is 14.6 Å². The van der Waals surface area contributed by atoms with Crippen molar-refractivity contribution in [2.24, 2.45) is 11.8 Å². The molecule has 0 radical (unpaired) electrons. The van der Waals surface area contributed by atoms with Crippen LogP contribution in [0.15, 0.2) is 18.2 Å². The number of methoxy groups -OCH3 is 1. The summed E-state index contributed by atoms with van der Waals surface area (Å²) in [6, 6.07) is 5.60. The number of carboxylic acids is 1. The third-order valence-electron chi connectivity index (χ3n) is 4.74. The summed E-state index contributed by atoms with van der Waals surface area (Å²) < 4.78 is 11.4. The summed E-state index contributed by atoms with van der Waals surface area (Å²) in [5.74, 6) is -0.628. The number of aliphatic carboxylic acids is 1. The van der Waals surface area contributed by atoms with Crippen molar-refractivity contribution in [3.8, 4) is 11.5 Å². The molecular formula is C18H23NO5. The van der Waals surface area contributed by atoms with E-state index in [-0.39, 0.29) is 12.0 Å². The lowest BCUT2D eigenvalue weighted by Gasteiger charge is -2.17. The minimum atomic E-state index is -0.896. The van der Waals surface area contributed by atoms with Gasteiger partial charge in [0.25, 0.3) is 0 Å². The summed E-state index contributed by atoms with van der Waals surface area (Å²) in [5.41, 5.74) is 0.907. The molecular weight excluding hydrogens is 310 g/mol. The van der Waals surface area contributed by atoms with Crippen LogP contribution in [-0.2, 0) is 16.1 Å². The molecule has 2 atom stereocenters. The van der Waals surface area contributed by atoms with Gasteiger partial charge in [0.1, 0.15) is 0 Å². The Morgan fingerprint density at radius 2 is 1.96 bits per heavy atom. The largest absolute Gasteiger partial charge is 0.493 e. The van der Waals surface area contributed by atoms with Crippen molar-refractivity contribution in [3.63, 3.8) is 0 Å². The maximum Gasteiger partial charge on any atom is 0.307 e. The van der Waals surface area contributed by atoms with E-state index in [0.29, 0.717) is 24.5 Å². The standard InChI is InChI=1S/C18H23NO5/c1-23-15-7-6-11(8-16(15)24-12-4-2-3-5-12)10-19-17(20)13-9-14(13)18(21)22/h6-8,12-14H,2-5,9-10H2,1H3,(H,19,20)(H,21,22). The molecule has 1 amide bonds. The van der Waals surface area contributed by atoms with Gasteiger partial charge in [-0.05, 0) is 49.8 Å². The smallest absolute Gasteiger partial charge is 0.307 e. The van der Waals surface area contributed by atoms with Crippen molar-refractivity contribution in [3.05, 3.63) is 23.8 Å². The Labute approximate surface area is 141 Å². The fraction of sp³-hybridized carbons (Fsp3) is 0.556. The molecule has 2 N–H and O–H groups in total. The van der Waals surface area contributed by atoms with E-state index >= 15 is 0 Å². The van der Waals surface area contributed by atoms with Crippen LogP contribution in [0, 0.1) is 11.8 Å². The summed E-state index contributed by atoms with van der Waals surface area (Å²) in [6.07, 6.45) is 5.15. The number of carboxylic acid groups (broad SMARTS) is 1. The molecule has 2 aliphatic rings. The predicted octanol–water partition coefficient (Wildman–Crippen LogP) is 2.35. The van der Waals surface area contributed by atoms with E-state index in [1.165, 1.54) is 12.8 Å². The maximum atomic E-state index is 11.9. The highest BCUT2D eigenvalue weighted by molar-refractivity contribution is 5.89. The van der Waals surface area contributed by atoms with Crippen LogP contribution >= 0.6 is 0 Å². The molecule has 0 heterocycles. The van der Waals surface area contributed by atoms with E-state index in [1.54, 1.807) is 7.11 Å². The highest BCUT2D eigenvalue weighted by atomic mass is 16.5. The lowest BCUT2D eigenvalue weighted by molar-refractivity contribution is -0.140. The Morgan fingerprint density at radius 1 is 1.21 bits per heavy atom. The predicted molar refractivity (Wildman–Crippen MR) is 87.0 cm³/mol. The number of hydrogen-bond acceptors (Lipinski definition) is 4. The van der Waals surface area contributed by atoms with Crippen LogP contribution in [0.5, 0.6) is 11.5 Å². The topological polar surface area (TPSA) is 84.9 Å². The minimum Gasteiger partial charge on any atom is -0.493 e. The van der Waals surface area contributed by atoms with E-state index in [2.05, 4.69) is 5.32 Å². The zero-order valence-electron chi connectivity index (χ0n) is 13.8. The van der Waals surface area contributed by atoms with Gasteiger partial charge in [-0.1, -0.05) is 6.07 Å². The van der Waals surface area contributed by atoms with Gasteiger partial charge in [0, 0.05) is 6.54 Å². The molecule has 6 nitrogen and oxygen atoms in total. The van der Waals surface area contributed by atoms with Crippen molar-refractivity contribution in [2.45, 2.75) is 44.8 Å². The van der Waals surface area contributed by atoms with Crippen molar-refractivity contribution >= 4 is 11.9 Å². The van der Waals surface area contributed by atoms with Crippen molar-refractivity contribution < 1.29 is 24.2 Å². The molecule has 24 heavy (non-hydrogen) atoms. The number of benzene rings is 1. The lowest BCUT2D eigenvalue weighted by Crippen LogP contribution is -2.26. The van der Waals surface area contributed by atoms with Crippen LogP contribution in [0.3, 0.4) is 0 Å². The molecule has 0 bridgehead atoms. The number of rotatable bonds is 7. The summed E-state index contributed by atoms with van der Waals surface area (Å²) in [4.78, 5) is 22.8. The first-order valence-electron chi connectivity index (χ1n) is 8.42. The fourth-order valence-corrected chi connectivity index (χ4v) is 3.19. The highest BCUT2D eigenvalue weighted by Crippen LogP contribution is 2.38. The number of carbonyl (C=O) groups excluding carboxylic acids is 1. The summed E-state index contributed by atoms with van der Waals surface area (Å²) in [6.45, 7) is 0.354. The molecule has 1 aromatic rings. The first-order valence-corrected chi connectivity index (χ1v) is 8.42. The average molecular weight is 333 g/mol. The van der Waals surface area contributed by atoms with Gasteiger partial charge in [0.2, 0.25) is 5.91 Å². The Balaban J connectivity index is 1.59. The Bertz CT molecular complexity index is 624. The number of ether oxygens (including phenoxy) is 2. The van der Waals surface area contributed by atoms with Gasteiger partial charge in [-0.25, -0.2) is 0 Å². The molecule has 130 valence electrons. The van der Waals surface area contributed by atoms with Crippen LogP contribution in [-0.4, -0.2) is 30.2 Å². The number of carbonyl (C=O) groups is 2. The van der Waals surface area contributed by atoms with E-state index < -0.39 is 17.8 Å². The van der Waals surface area contributed by atoms with Crippen LogP contribution in [0.1, 0.15) is 37.7 Å². The summed E-state index contributed by atoms with van der Waals surface area (Å²) >= 11 is 0. The molecule has 0 aromatic heterocycles. The van der Waals surface area contributed by atoms with Gasteiger partial charge < -0.3 is 19.9 Å². The minimum absolute atomic E-state index is 0.198. The monoisotopic (exact) mass is 333 g/mol. The van der Waals surface area contributed by atoms with Gasteiger partial charge in [-0.2, -0.15) is 0 Å². The first-order chi connectivity index (χ1) is 11.6. The Hall–Kier alpha value is -2.24. The first kappa shape index (κ1) is 16.6. The van der Waals surface area contributed by atoms with E-state index in [0.717, 1.165) is 18.4 Å². The Morgan fingerprint density at radius 3 is 2.58 bits per heavy atom. The van der Waals surface area contributed by atoms with Crippen LogP contribution in [0.25, 0.3) is 0 Å². The number of nitrogens with one attached hydrogen (secondary N) is 1. The van der Waals surface area contributed by atoms with E-state index in [9.17, 15) is 9.59 Å². The third-order valence-corrected chi connectivity index (χ3v) is 4.74. The third kappa shape index (κ3) is 3.80. The summed E-state index contributed by atoms with van der Waals surface area (Å²) in [5, 5.41) is 11.7.